The molecule has 2 aromatic heterocycles. The van der Waals surface area contributed by atoms with Crippen LogP contribution >= 0.6 is 31.9 Å². The highest BCUT2D eigenvalue weighted by atomic mass is 79.9. The topological polar surface area (TPSA) is 88.0 Å². The van der Waals surface area contributed by atoms with Crippen molar-refractivity contribution in [3.05, 3.63) is 39.4 Å². The van der Waals surface area contributed by atoms with E-state index in [1.54, 1.807) is 0 Å². The molecule has 0 saturated heterocycles. The van der Waals surface area contributed by atoms with Crippen LogP contribution in [0.2, 0.25) is 0 Å². The fourth-order valence-corrected chi connectivity index (χ4v) is 2.09. The van der Waals surface area contributed by atoms with Crippen molar-refractivity contribution in [2.75, 3.05) is 5.32 Å². The molecule has 0 fully saturated rings. The Morgan fingerprint density at radius 2 is 2.11 bits per heavy atom. The Kier molecular flexibility index (Phi) is 3.87. The van der Waals surface area contributed by atoms with Gasteiger partial charge in [-0.25, -0.2) is 9.97 Å². The highest BCUT2D eigenvalue weighted by molar-refractivity contribution is 9.11. The first-order valence-electron chi connectivity index (χ1n) is 4.70. The highest BCUT2D eigenvalue weighted by Gasteiger charge is 2.13. The van der Waals surface area contributed by atoms with Gasteiger partial charge in [0.25, 0.3) is 5.91 Å². The van der Waals surface area contributed by atoms with Crippen LogP contribution in [0.5, 0.6) is 5.75 Å². The van der Waals surface area contributed by atoms with Crippen molar-refractivity contribution < 1.29 is 9.90 Å². The maximum absolute atomic E-state index is 11.9. The Morgan fingerprint density at radius 1 is 1.33 bits per heavy atom. The van der Waals surface area contributed by atoms with Gasteiger partial charge in [-0.1, -0.05) is 0 Å². The van der Waals surface area contributed by atoms with Gasteiger partial charge in [0.05, 0.1) is 18.0 Å². The van der Waals surface area contributed by atoms with E-state index >= 15 is 0 Å². The molecule has 0 aliphatic carbocycles. The van der Waals surface area contributed by atoms with Gasteiger partial charge in [-0.2, -0.15) is 0 Å². The molecule has 0 radical (unpaired) electrons. The van der Waals surface area contributed by atoms with Crippen molar-refractivity contribution in [1.82, 2.24) is 15.0 Å². The summed E-state index contributed by atoms with van der Waals surface area (Å²) in [6.45, 7) is 0. The normalized spacial score (nSPS) is 10.1. The molecule has 0 unspecified atom stereocenters. The van der Waals surface area contributed by atoms with Crippen LogP contribution in [0.25, 0.3) is 0 Å². The first kappa shape index (κ1) is 12.9. The first-order valence-corrected chi connectivity index (χ1v) is 6.29. The van der Waals surface area contributed by atoms with Crippen LogP contribution in [0.15, 0.2) is 33.9 Å². The predicted molar refractivity (Wildman–Crippen MR) is 71.3 cm³/mol. The van der Waals surface area contributed by atoms with E-state index in [0.29, 0.717) is 9.21 Å². The zero-order valence-corrected chi connectivity index (χ0v) is 11.9. The second kappa shape index (κ2) is 5.40. The average molecular weight is 374 g/mol. The Hall–Kier alpha value is -1.54. The minimum absolute atomic E-state index is 0.113. The van der Waals surface area contributed by atoms with Gasteiger partial charge in [-0.3, -0.25) is 9.78 Å². The van der Waals surface area contributed by atoms with Crippen LogP contribution < -0.4 is 5.32 Å². The number of carbonyl (C=O) groups is 1. The van der Waals surface area contributed by atoms with E-state index < -0.39 is 5.91 Å². The molecule has 0 aromatic carbocycles. The minimum Gasteiger partial charge on any atom is -0.505 e. The smallest absolute Gasteiger partial charge is 0.260 e. The number of hydrogen-bond donors (Lipinski definition) is 2. The van der Waals surface area contributed by atoms with E-state index in [0.717, 1.165) is 0 Å². The molecule has 6 nitrogen and oxygen atoms in total. The Balaban J connectivity index is 2.24. The van der Waals surface area contributed by atoms with Crippen molar-refractivity contribution >= 4 is 43.6 Å². The molecule has 1 amide bonds. The maximum Gasteiger partial charge on any atom is 0.260 e. The molecule has 2 rings (SSSR count). The fraction of sp³-hybridized carbons (Fsp3) is 0. The number of rotatable bonds is 2. The van der Waals surface area contributed by atoms with Gasteiger partial charge >= 0.3 is 0 Å². The number of amides is 1. The summed E-state index contributed by atoms with van der Waals surface area (Å²) < 4.78 is 0.929. The second-order valence-corrected chi connectivity index (χ2v) is 4.74. The lowest BCUT2D eigenvalue weighted by molar-refractivity contribution is 0.102. The first-order chi connectivity index (χ1) is 8.58. The number of halogens is 2. The summed E-state index contributed by atoms with van der Waals surface area (Å²) in [4.78, 5) is 23.6. The summed E-state index contributed by atoms with van der Waals surface area (Å²) in [7, 11) is 0. The van der Waals surface area contributed by atoms with Gasteiger partial charge in [0.1, 0.15) is 15.0 Å². The summed E-state index contributed by atoms with van der Waals surface area (Å²) in [6, 6.07) is 1.41. The average Bonchev–Trinajstić information content (AvgIpc) is 2.33. The molecule has 8 heteroatoms. The van der Waals surface area contributed by atoms with Gasteiger partial charge in [-0.05, 0) is 37.9 Å². The van der Waals surface area contributed by atoms with E-state index in [4.69, 9.17) is 0 Å². The molecule has 18 heavy (non-hydrogen) atoms. The van der Waals surface area contributed by atoms with Crippen molar-refractivity contribution in [2.45, 2.75) is 0 Å². The van der Waals surface area contributed by atoms with E-state index in [-0.39, 0.29) is 17.1 Å². The number of pyridine rings is 1. The monoisotopic (exact) mass is 372 g/mol. The molecule has 0 spiro atoms. The largest absolute Gasteiger partial charge is 0.505 e. The zero-order valence-electron chi connectivity index (χ0n) is 8.76. The lowest BCUT2D eigenvalue weighted by atomic mass is 10.2. The number of aromatic nitrogens is 3. The maximum atomic E-state index is 11.9. The summed E-state index contributed by atoms with van der Waals surface area (Å²) in [5, 5.41) is 12.0. The second-order valence-electron chi connectivity index (χ2n) is 3.18. The minimum atomic E-state index is -0.493. The van der Waals surface area contributed by atoms with Gasteiger partial charge in [0.15, 0.2) is 5.82 Å². The van der Waals surface area contributed by atoms with E-state index in [9.17, 15) is 9.90 Å². The molecule has 0 bridgehead atoms. The fourth-order valence-electron chi connectivity index (χ4n) is 1.18. The van der Waals surface area contributed by atoms with Crippen LogP contribution in [-0.4, -0.2) is 26.0 Å². The summed E-state index contributed by atoms with van der Waals surface area (Å²) in [5.74, 6) is -0.428. The summed E-state index contributed by atoms with van der Waals surface area (Å²) in [6.07, 6.45) is 4.06. The molecule has 2 heterocycles. The van der Waals surface area contributed by atoms with Gasteiger partial charge in [0.2, 0.25) is 0 Å². The number of hydrogen-bond acceptors (Lipinski definition) is 5. The number of aromatic hydroxyl groups is 1. The van der Waals surface area contributed by atoms with Crippen LogP contribution in [0.4, 0.5) is 5.82 Å². The molecule has 2 aromatic rings. The number of nitrogens with one attached hydrogen (secondary N) is 1. The molecule has 0 atom stereocenters. The third-order valence-corrected chi connectivity index (χ3v) is 2.91. The number of anilines is 1. The summed E-state index contributed by atoms with van der Waals surface area (Å²) >= 11 is 6.33. The van der Waals surface area contributed by atoms with Crippen LogP contribution in [0, 0.1) is 0 Å². The number of carbonyl (C=O) groups excluding carboxylic acids is 1. The molecule has 0 aliphatic rings. The van der Waals surface area contributed by atoms with E-state index in [1.165, 1.54) is 24.7 Å². The molecular formula is C10H6Br2N4O2. The standard InChI is InChI=1S/C10H6Br2N4O2/c11-7-4-14-9(8(12)15-7)16-10(18)5-1-2-13-3-6(5)17/h1-4,17H,(H,14,16,18). The van der Waals surface area contributed by atoms with E-state index in [2.05, 4.69) is 52.1 Å². The zero-order chi connectivity index (χ0) is 13.1. The molecule has 0 saturated carbocycles. The SMILES string of the molecule is O=C(Nc1ncc(Br)nc1Br)c1ccncc1O. The van der Waals surface area contributed by atoms with Gasteiger partial charge < -0.3 is 10.4 Å². The predicted octanol–water partition coefficient (Wildman–Crippen LogP) is 2.35. The highest BCUT2D eigenvalue weighted by Crippen LogP contribution is 2.21. The molecular weight excluding hydrogens is 368 g/mol. The van der Waals surface area contributed by atoms with Crippen molar-refractivity contribution in [2.24, 2.45) is 0 Å². The third kappa shape index (κ3) is 2.82. The Bertz CT molecular complexity index is 606. The quantitative estimate of drug-likeness (QED) is 0.843. The van der Waals surface area contributed by atoms with E-state index in [1.807, 2.05) is 0 Å². The third-order valence-electron chi connectivity index (χ3n) is 1.98. The number of nitrogens with zero attached hydrogens (tertiary/aromatic N) is 3. The van der Waals surface area contributed by atoms with Crippen LogP contribution in [0.1, 0.15) is 10.4 Å². The van der Waals surface area contributed by atoms with Crippen LogP contribution in [-0.2, 0) is 0 Å². The Morgan fingerprint density at radius 3 is 2.78 bits per heavy atom. The van der Waals surface area contributed by atoms with Crippen molar-refractivity contribution in [3.8, 4) is 5.75 Å². The van der Waals surface area contributed by atoms with Gasteiger partial charge in [0, 0.05) is 6.20 Å². The lowest BCUT2D eigenvalue weighted by Gasteiger charge is -2.06. The summed E-state index contributed by atoms with van der Waals surface area (Å²) in [5.41, 5.74) is 0.113. The Labute approximate surface area is 119 Å². The van der Waals surface area contributed by atoms with Crippen LogP contribution in [0.3, 0.4) is 0 Å². The molecule has 0 aliphatic heterocycles. The van der Waals surface area contributed by atoms with Gasteiger partial charge in [-0.15, -0.1) is 0 Å². The van der Waals surface area contributed by atoms with Crippen molar-refractivity contribution in [3.63, 3.8) is 0 Å². The molecule has 92 valence electrons. The van der Waals surface area contributed by atoms with Crippen molar-refractivity contribution in [1.29, 1.82) is 0 Å². The lowest BCUT2D eigenvalue weighted by Crippen LogP contribution is -2.14. The molecule has 2 N–H and O–H groups in total.